The Morgan fingerprint density at radius 1 is 1.21 bits per heavy atom. The van der Waals surface area contributed by atoms with E-state index in [2.05, 4.69) is 40.4 Å². The molecule has 6 heteroatoms. The minimum Gasteiger partial charge on any atom is -0.338 e. The smallest absolute Gasteiger partial charge is 0.237 e. The molecule has 0 unspecified atom stereocenters. The summed E-state index contributed by atoms with van der Waals surface area (Å²) in [6.07, 6.45) is 7.21. The Morgan fingerprint density at radius 2 is 1.96 bits per heavy atom. The Balaban J connectivity index is 1.47. The second kappa shape index (κ2) is 6.40. The largest absolute Gasteiger partial charge is 0.338 e. The van der Waals surface area contributed by atoms with E-state index >= 15 is 0 Å². The molecule has 1 aromatic heterocycles. The van der Waals surface area contributed by atoms with Gasteiger partial charge in [-0.25, -0.2) is 9.67 Å². The van der Waals surface area contributed by atoms with Crippen molar-refractivity contribution < 1.29 is 4.79 Å². The summed E-state index contributed by atoms with van der Waals surface area (Å²) in [6, 6.07) is 8.91. The molecule has 0 atom stereocenters. The second-order valence-electron chi connectivity index (χ2n) is 6.31. The van der Waals surface area contributed by atoms with Crippen LogP contribution in [0.4, 0.5) is 0 Å². The minimum atomic E-state index is -0.000335. The number of nitrogens with zero attached hydrogens (tertiary/aromatic N) is 4. The van der Waals surface area contributed by atoms with Gasteiger partial charge in [-0.05, 0) is 30.4 Å². The molecule has 1 aliphatic carbocycles. The molecule has 1 aliphatic heterocycles. The Morgan fingerprint density at radius 3 is 2.58 bits per heavy atom. The first kappa shape index (κ1) is 15.4. The van der Waals surface area contributed by atoms with Crippen molar-refractivity contribution in [3.05, 3.63) is 42.2 Å². The van der Waals surface area contributed by atoms with Crippen LogP contribution in [0.3, 0.4) is 0 Å². The molecule has 24 heavy (non-hydrogen) atoms. The van der Waals surface area contributed by atoms with Gasteiger partial charge in [-0.15, -0.1) is 11.6 Å². The van der Waals surface area contributed by atoms with Crippen LogP contribution in [-0.4, -0.2) is 44.5 Å². The van der Waals surface area contributed by atoms with E-state index in [9.17, 15) is 4.79 Å². The predicted molar refractivity (Wildman–Crippen MR) is 93.6 cm³/mol. The first-order valence-electron chi connectivity index (χ1n) is 8.29. The lowest BCUT2D eigenvalue weighted by molar-refractivity contribution is -0.128. The van der Waals surface area contributed by atoms with Crippen LogP contribution < -0.4 is 0 Å². The molecule has 5 nitrogen and oxygen atoms in total. The van der Waals surface area contributed by atoms with Gasteiger partial charge < -0.3 is 4.90 Å². The number of halogens is 1. The number of carbonyl (C=O) groups excluding carboxylic acids is 1. The second-order valence-corrected chi connectivity index (χ2v) is 6.58. The zero-order valence-corrected chi connectivity index (χ0v) is 14.1. The average molecular weight is 343 g/mol. The Bertz CT molecular complexity index is 777. The third kappa shape index (κ3) is 3.08. The summed E-state index contributed by atoms with van der Waals surface area (Å²) in [6.45, 7) is 1.36. The molecule has 1 aromatic carbocycles. The van der Waals surface area contributed by atoms with Crippen molar-refractivity contribution in [2.24, 2.45) is 0 Å². The van der Waals surface area contributed by atoms with Gasteiger partial charge in [0, 0.05) is 18.7 Å². The van der Waals surface area contributed by atoms with Crippen LogP contribution in [0.5, 0.6) is 0 Å². The summed E-state index contributed by atoms with van der Waals surface area (Å²) >= 11 is 5.61. The van der Waals surface area contributed by atoms with Crippen molar-refractivity contribution in [2.45, 2.75) is 25.3 Å². The van der Waals surface area contributed by atoms with Gasteiger partial charge in [0.25, 0.3) is 0 Å². The molecule has 0 radical (unpaired) electrons. The molecule has 1 saturated carbocycles. The SMILES string of the molecule is O=C(CCl)N1CC=C(c2ccc(-c3ncn(C4CC4)n3)cc2)CC1. The minimum absolute atomic E-state index is 0.000335. The summed E-state index contributed by atoms with van der Waals surface area (Å²) in [5, 5.41) is 4.56. The molecule has 2 aromatic rings. The van der Waals surface area contributed by atoms with Gasteiger partial charge in [0.05, 0.1) is 6.04 Å². The summed E-state index contributed by atoms with van der Waals surface area (Å²) in [4.78, 5) is 17.8. The maximum Gasteiger partial charge on any atom is 0.237 e. The van der Waals surface area contributed by atoms with E-state index in [1.54, 1.807) is 4.90 Å². The van der Waals surface area contributed by atoms with Gasteiger partial charge >= 0.3 is 0 Å². The van der Waals surface area contributed by atoms with E-state index in [0.29, 0.717) is 12.6 Å². The molecule has 0 bridgehead atoms. The van der Waals surface area contributed by atoms with E-state index in [1.165, 1.54) is 24.0 Å². The fraction of sp³-hybridized carbons (Fsp3) is 0.389. The Hall–Kier alpha value is -2.14. The van der Waals surface area contributed by atoms with Crippen LogP contribution >= 0.6 is 11.6 Å². The van der Waals surface area contributed by atoms with Crippen LogP contribution in [0.2, 0.25) is 0 Å². The predicted octanol–water partition coefficient (Wildman–Crippen LogP) is 3.13. The first-order valence-corrected chi connectivity index (χ1v) is 8.83. The molecule has 1 fully saturated rings. The number of hydrogen-bond donors (Lipinski definition) is 0. The van der Waals surface area contributed by atoms with Crippen molar-refractivity contribution in [3.63, 3.8) is 0 Å². The van der Waals surface area contributed by atoms with Crippen LogP contribution in [0.1, 0.15) is 30.9 Å². The third-order valence-electron chi connectivity index (χ3n) is 4.62. The van der Waals surface area contributed by atoms with Gasteiger partial charge in [0.2, 0.25) is 5.91 Å². The molecule has 4 rings (SSSR count). The lowest BCUT2D eigenvalue weighted by atomic mass is 9.98. The Kier molecular flexibility index (Phi) is 4.10. The third-order valence-corrected chi connectivity index (χ3v) is 4.85. The van der Waals surface area contributed by atoms with Gasteiger partial charge in [-0.3, -0.25) is 4.79 Å². The zero-order valence-electron chi connectivity index (χ0n) is 13.4. The van der Waals surface area contributed by atoms with E-state index in [4.69, 9.17) is 11.6 Å². The summed E-state index contributed by atoms with van der Waals surface area (Å²) in [5.41, 5.74) is 3.50. The highest BCUT2D eigenvalue weighted by molar-refractivity contribution is 6.27. The fourth-order valence-corrected chi connectivity index (χ4v) is 3.17. The van der Waals surface area contributed by atoms with Crippen LogP contribution in [-0.2, 0) is 4.79 Å². The highest BCUT2D eigenvalue weighted by Crippen LogP contribution is 2.34. The standard InChI is InChI=1S/C18H19ClN4O/c19-11-17(24)22-9-7-14(8-10-22)13-1-3-15(4-2-13)18-20-12-23(21-18)16-5-6-16/h1-4,7,12,16H,5-6,8-11H2. The molecule has 0 saturated heterocycles. The summed E-state index contributed by atoms with van der Waals surface area (Å²) in [7, 11) is 0. The number of aromatic nitrogens is 3. The normalized spacial score (nSPS) is 17.7. The van der Waals surface area contributed by atoms with E-state index in [1.807, 2.05) is 11.0 Å². The lowest BCUT2D eigenvalue weighted by Gasteiger charge is -2.26. The van der Waals surface area contributed by atoms with Crippen molar-refractivity contribution in [1.29, 1.82) is 0 Å². The molecule has 1 amide bonds. The molecule has 2 heterocycles. The van der Waals surface area contributed by atoms with Gasteiger partial charge in [-0.2, -0.15) is 5.10 Å². The Labute approximate surface area is 145 Å². The molecule has 2 aliphatic rings. The van der Waals surface area contributed by atoms with E-state index in [-0.39, 0.29) is 11.8 Å². The topological polar surface area (TPSA) is 51.0 Å². The maximum atomic E-state index is 11.6. The molecular formula is C18H19ClN4O. The van der Waals surface area contributed by atoms with Gasteiger partial charge in [0.1, 0.15) is 12.2 Å². The number of rotatable bonds is 4. The van der Waals surface area contributed by atoms with Crippen molar-refractivity contribution in [3.8, 4) is 11.4 Å². The fourth-order valence-electron chi connectivity index (χ4n) is 3.00. The highest BCUT2D eigenvalue weighted by atomic mass is 35.5. The quantitative estimate of drug-likeness (QED) is 0.802. The molecule has 0 spiro atoms. The number of hydrogen-bond acceptors (Lipinski definition) is 3. The number of carbonyl (C=O) groups is 1. The van der Waals surface area contributed by atoms with Crippen LogP contribution in [0.25, 0.3) is 17.0 Å². The van der Waals surface area contributed by atoms with E-state index < -0.39 is 0 Å². The van der Waals surface area contributed by atoms with Crippen LogP contribution in [0.15, 0.2) is 36.7 Å². The number of alkyl halides is 1. The molecule has 124 valence electrons. The average Bonchev–Trinajstić information content (AvgIpc) is 3.38. The molecular weight excluding hydrogens is 324 g/mol. The van der Waals surface area contributed by atoms with E-state index in [0.717, 1.165) is 24.4 Å². The van der Waals surface area contributed by atoms with Gasteiger partial charge in [0.15, 0.2) is 5.82 Å². The highest BCUT2D eigenvalue weighted by Gasteiger charge is 2.25. The first-order chi connectivity index (χ1) is 11.7. The maximum absolute atomic E-state index is 11.6. The van der Waals surface area contributed by atoms with Crippen molar-refractivity contribution in [1.82, 2.24) is 19.7 Å². The summed E-state index contributed by atoms with van der Waals surface area (Å²) in [5.74, 6) is 0.836. The number of benzene rings is 1. The van der Waals surface area contributed by atoms with Gasteiger partial charge in [-0.1, -0.05) is 30.3 Å². The van der Waals surface area contributed by atoms with Crippen LogP contribution in [0, 0.1) is 0 Å². The monoisotopic (exact) mass is 342 g/mol. The zero-order chi connectivity index (χ0) is 16.5. The van der Waals surface area contributed by atoms with Crippen molar-refractivity contribution in [2.75, 3.05) is 19.0 Å². The molecule has 0 N–H and O–H groups in total. The van der Waals surface area contributed by atoms with Crippen molar-refractivity contribution >= 4 is 23.1 Å². The summed E-state index contributed by atoms with van der Waals surface area (Å²) < 4.78 is 1.97. The lowest BCUT2D eigenvalue weighted by Crippen LogP contribution is -2.35. The number of amides is 1.